The smallest absolute Gasteiger partial charge is 0.422 e. The van der Waals surface area contributed by atoms with Gasteiger partial charge in [-0.1, -0.05) is 42.5 Å². The van der Waals surface area contributed by atoms with Crippen molar-refractivity contribution in [1.29, 1.82) is 0 Å². The van der Waals surface area contributed by atoms with E-state index in [1.807, 2.05) is 36.4 Å². The summed E-state index contributed by atoms with van der Waals surface area (Å²) in [5.74, 6) is 0.172. The zero-order chi connectivity index (χ0) is 14.6. The van der Waals surface area contributed by atoms with Gasteiger partial charge in [-0.2, -0.15) is 13.2 Å². The maximum atomic E-state index is 12.2. The first-order valence-corrected chi connectivity index (χ1v) is 6.07. The van der Waals surface area contributed by atoms with Crippen molar-refractivity contribution in [3.8, 4) is 16.9 Å². The Labute approximate surface area is 127 Å². The molecule has 0 radical (unpaired) electrons. The fraction of sp³-hybridized carbons (Fsp3) is 0.200. The molecule has 6 heteroatoms. The van der Waals surface area contributed by atoms with Gasteiger partial charge in [0.05, 0.1) is 0 Å². The van der Waals surface area contributed by atoms with Crippen LogP contribution in [0.15, 0.2) is 48.5 Å². The summed E-state index contributed by atoms with van der Waals surface area (Å²) in [7, 11) is 0. The van der Waals surface area contributed by atoms with Gasteiger partial charge in [0.2, 0.25) is 0 Å². The van der Waals surface area contributed by atoms with Gasteiger partial charge in [0.1, 0.15) is 5.75 Å². The number of hydrogen-bond acceptors (Lipinski definition) is 2. The van der Waals surface area contributed by atoms with Gasteiger partial charge in [0.15, 0.2) is 6.61 Å². The second-order valence-corrected chi connectivity index (χ2v) is 4.30. The second-order valence-electron chi connectivity index (χ2n) is 4.30. The minimum atomic E-state index is -4.37. The molecule has 2 N–H and O–H groups in total. The van der Waals surface area contributed by atoms with E-state index in [1.54, 1.807) is 12.1 Å². The monoisotopic (exact) mass is 317 g/mol. The molecule has 0 aliphatic rings. The molecule has 0 spiro atoms. The summed E-state index contributed by atoms with van der Waals surface area (Å²) in [5.41, 5.74) is 7.77. The summed E-state index contributed by atoms with van der Waals surface area (Å²) < 4.78 is 41.6. The summed E-state index contributed by atoms with van der Waals surface area (Å²) in [5, 5.41) is 0. The van der Waals surface area contributed by atoms with Gasteiger partial charge in [-0.3, -0.25) is 0 Å². The summed E-state index contributed by atoms with van der Waals surface area (Å²) in [6.07, 6.45) is -4.37. The molecule has 0 saturated carbocycles. The molecule has 0 aromatic heterocycles. The van der Waals surface area contributed by atoms with Crippen LogP contribution >= 0.6 is 12.4 Å². The van der Waals surface area contributed by atoms with Crippen molar-refractivity contribution in [3.63, 3.8) is 0 Å². The van der Waals surface area contributed by atoms with E-state index in [0.717, 1.165) is 11.1 Å². The number of ether oxygens (including phenoxy) is 1. The molecular formula is C15H15ClF3NO. The average Bonchev–Trinajstić information content (AvgIpc) is 2.45. The fourth-order valence-corrected chi connectivity index (χ4v) is 1.83. The quantitative estimate of drug-likeness (QED) is 0.918. The van der Waals surface area contributed by atoms with Gasteiger partial charge in [-0.25, -0.2) is 0 Å². The molecule has 0 atom stereocenters. The van der Waals surface area contributed by atoms with Crippen LogP contribution in [0.25, 0.3) is 11.1 Å². The van der Waals surface area contributed by atoms with Gasteiger partial charge in [-0.15, -0.1) is 12.4 Å². The molecule has 114 valence electrons. The Morgan fingerprint density at radius 2 is 1.62 bits per heavy atom. The molecule has 0 aliphatic carbocycles. The highest BCUT2D eigenvalue weighted by atomic mass is 35.5. The number of hydrogen-bond donors (Lipinski definition) is 1. The first-order valence-electron chi connectivity index (χ1n) is 6.07. The third-order valence-corrected chi connectivity index (χ3v) is 2.79. The van der Waals surface area contributed by atoms with Crippen LogP contribution in [0.3, 0.4) is 0 Å². The largest absolute Gasteiger partial charge is 0.484 e. The maximum Gasteiger partial charge on any atom is 0.422 e. The molecule has 2 aromatic carbocycles. The van der Waals surface area contributed by atoms with Crippen molar-refractivity contribution in [3.05, 3.63) is 54.1 Å². The molecule has 0 fully saturated rings. The standard InChI is InChI=1S/C15H14F3NO.ClH/c16-15(17,18)10-20-14-8-12(6-7-13(14)9-19)11-4-2-1-3-5-11;/h1-8H,9-10,19H2;1H. The van der Waals surface area contributed by atoms with E-state index >= 15 is 0 Å². The highest BCUT2D eigenvalue weighted by Crippen LogP contribution is 2.28. The summed E-state index contributed by atoms with van der Waals surface area (Å²) in [6, 6.07) is 14.5. The number of alkyl halides is 3. The van der Waals surface area contributed by atoms with Crippen molar-refractivity contribution in [2.45, 2.75) is 12.7 Å². The fourth-order valence-electron chi connectivity index (χ4n) is 1.83. The minimum Gasteiger partial charge on any atom is -0.484 e. The number of benzene rings is 2. The van der Waals surface area contributed by atoms with E-state index in [1.165, 1.54) is 0 Å². The van der Waals surface area contributed by atoms with E-state index < -0.39 is 12.8 Å². The summed E-state index contributed by atoms with van der Waals surface area (Å²) >= 11 is 0. The highest BCUT2D eigenvalue weighted by Gasteiger charge is 2.28. The Hall–Kier alpha value is -1.72. The normalized spacial score (nSPS) is 10.9. The Morgan fingerprint density at radius 3 is 2.19 bits per heavy atom. The lowest BCUT2D eigenvalue weighted by Crippen LogP contribution is -2.20. The minimum absolute atomic E-state index is 0. The van der Waals surface area contributed by atoms with Crippen LogP contribution in [0.2, 0.25) is 0 Å². The lowest BCUT2D eigenvalue weighted by molar-refractivity contribution is -0.153. The highest BCUT2D eigenvalue weighted by molar-refractivity contribution is 5.85. The van der Waals surface area contributed by atoms with Crippen molar-refractivity contribution in [2.75, 3.05) is 6.61 Å². The predicted octanol–water partition coefficient (Wildman–Crippen LogP) is 4.18. The number of halogens is 4. The van der Waals surface area contributed by atoms with Crippen LogP contribution in [0.4, 0.5) is 13.2 Å². The van der Waals surface area contributed by atoms with E-state index in [-0.39, 0.29) is 24.7 Å². The topological polar surface area (TPSA) is 35.2 Å². The van der Waals surface area contributed by atoms with Crippen LogP contribution in [0, 0.1) is 0 Å². The molecule has 0 amide bonds. The zero-order valence-corrected chi connectivity index (χ0v) is 11.9. The Morgan fingerprint density at radius 1 is 0.952 bits per heavy atom. The lowest BCUT2D eigenvalue weighted by atomic mass is 10.0. The van der Waals surface area contributed by atoms with Gasteiger partial charge in [0, 0.05) is 12.1 Å². The van der Waals surface area contributed by atoms with Crippen LogP contribution < -0.4 is 10.5 Å². The SMILES string of the molecule is Cl.NCc1ccc(-c2ccccc2)cc1OCC(F)(F)F. The molecule has 0 bridgehead atoms. The molecule has 0 aliphatic heterocycles. The molecule has 0 heterocycles. The molecule has 2 nitrogen and oxygen atoms in total. The Bertz CT molecular complexity index is 573. The van der Waals surface area contributed by atoms with Gasteiger partial charge >= 0.3 is 6.18 Å². The maximum absolute atomic E-state index is 12.2. The first-order chi connectivity index (χ1) is 9.49. The van der Waals surface area contributed by atoms with Crippen molar-refractivity contribution in [2.24, 2.45) is 5.73 Å². The lowest BCUT2D eigenvalue weighted by Gasteiger charge is -2.14. The third-order valence-electron chi connectivity index (χ3n) is 2.79. The summed E-state index contributed by atoms with van der Waals surface area (Å²) in [4.78, 5) is 0. The molecule has 0 saturated heterocycles. The second kappa shape index (κ2) is 7.33. The average molecular weight is 318 g/mol. The summed E-state index contributed by atoms with van der Waals surface area (Å²) in [6.45, 7) is -1.19. The molecule has 21 heavy (non-hydrogen) atoms. The first kappa shape index (κ1) is 17.3. The molecular weight excluding hydrogens is 303 g/mol. The zero-order valence-electron chi connectivity index (χ0n) is 11.1. The third kappa shape index (κ3) is 4.95. The van der Waals surface area contributed by atoms with Gasteiger partial charge < -0.3 is 10.5 Å². The van der Waals surface area contributed by atoms with E-state index in [9.17, 15) is 13.2 Å². The predicted molar refractivity (Wildman–Crippen MR) is 78.6 cm³/mol. The number of rotatable bonds is 4. The van der Waals surface area contributed by atoms with Crippen LogP contribution in [0.1, 0.15) is 5.56 Å². The van der Waals surface area contributed by atoms with E-state index in [0.29, 0.717) is 5.56 Å². The van der Waals surface area contributed by atoms with E-state index in [4.69, 9.17) is 10.5 Å². The van der Waals surface area contributed by atoms with Crippen molar-refractivity contribution in [1.82, 2.24) is 0 Å². The van der Waals surface area contributed by atoms with Crippen molar-refractivity contribution >= 4 is 12.4 Å². The Balaban J connectivity index is 0.00000220. The van der Waals surface area contributed by atoms with Gasteiger partial charge in [0.25, 0.3) is 0 Å². The molecule has 2 rings (SSSR count). The molecule has 0 unspecified atom stereocenters. The van der Waals surface area contributed by atoms with Gasteiger partial charge in [-0.05, 0) is 17.2 Å². The van der Waals surface area contributed by atoms with Crippen molar-refractivity contribution < 1.29 is 17.9 Å². The van der Waals surface area contributed by atoms with E-state index in [2.05, 4.69) is 0 Å². The van der Waals surface area contributed by atoms with Crippen LogP contribution in [-0.2, 0) is 6.54 Å². The van der Waals surface area contributed by atoms with Crippen LogP contribution in [0.5, 0.6) is 5.75 Å². The molecule has 2 aromatic rings. The number of nitrogens with two attached hydrogens (primary N) is 1. The Kier molecular flexibility index (Phi) is 6.05. The van der Waals surface area contributed by atoms with Crippen LogP contribution in [-0.4, -0.2) is 12.8 Å².